The van der Waals surface area contributed by atoms with E-state index in [0.717, 1.165) is 0 Å². The van der Waals surface area contributed by atoms with Gasteiger partial charge in [-0.3, -0.25) is 0 Å². The van der Waals surface area contributed by atoms with Crippen LogP contribution in [0.25, 0.3) is 0 Å². The van der Waals surface area contributed by atoms with Gasteiger partial charge in [-0.15, -0.1) is 6.42 Å². The van der Waals surface area contributed by atoms with Crippen molar-refractivity contribution in [2.24, 2.45) is 0 Å². The molecule has 0 fully saturated rings. The maximum Gasteiger partial charge on any atom is 0.148 e. The zero-order valence-electron chi connectivity index (χ0n) is 5.42. The molecule has 0 aromatic heterocycles. The van der Waals surface area contributed by atoms with Crippen LogP contribution in [-0.4, -0.2) is 6.61 Å². The van der Waals surface area contributed by atoms with Crippen molar-refractivity contribution >= 4 is 0 Å². The molecule has 0 saturated carbocycles. The first kappa shape index (κ1) is 6.70. The molecule has 0 saturated heterocycles. The average Bonchev–Trinajstić information content (AvgIpc) is 2.03. The molecular formula is C9H6O. The molecular weight excluding hydrogens is 124 g/mol. The molecule has 0 amide bonds. The van der Waals surface area contributed by atoms with Crippen molar-refractivity contribution in [3.63, 3.8) is 0 Å². The molecule has 0 heterocycles. The zero-order chi connectivity index (χ0) is 7.23. The smallest absolute Gasteiger partial charge is 0.148 e. The molecule has 0 atom stereocenters. The molecule has 0 aliphatic carbocycles. The van der Waals surface area contributed by atoms with Crippen LogP contribution < -0.4 is 4.74 Å². The lowest BCUT2D eigenvalue weighted by atomic mass is 10.3. The second-order valence-corrected chi connectivity index (χ2v) is 1.65. The zero-order valence-corrected chi connectivity index (χ0v) is 5.42. The van der Waals surface area contributed by atoms with Crippen molar-refractivity contribution in [1.82, 2.24) is 0 Å². The van der Waals surface area contributed by atoms with E-state index >= 15 is 0 Å². The first-order chi connectivity index (χ1) is 4.93. The topological polar surface area (TPSA) is 9.23 Å². The van der Waals surface area contributed by atoms with Crippen molar-refractivity contribution in [2.45, 2.75) is 0 Å². The van der Waals surface area contributed by atoms with Crippen molar-refractivity contribution in [2.75, 3.05) is 6.61 Å². The molecule has 1 aromatic rings. The first-order valence-electron chi connectivity index (χ1n) is 2.87. The highest BCUT2D eigenvalue weighted by atomic mass is 16.5. The van der Waals surface area contributed by atoms with Crippen molar-refractivity contribution in [3.05, 3.63) is 30.3 Å². The second kappa shape index (κ2) is 3.58. The van der Waals surface area contributed by atoms with Gasteiger partial charge in [-0.05, 0) is 18.2 Å². The van der Waals surface area contributed by atoms with Crippen molar-refractivity contribution in [1.29, 1.82) is 0 Å². The highest BCUT2D eigenvalue weighted by Crippen LogP contribution is 2.05. The Kier molecular flexibility index (Phi) is 2.39. The lowest BCUT2D eigenvalue weighted by molar-refractivity contribution is 0.369. The molecule has 1 aromatic carbocycles. The van der Waals surface area contributed by atoms with Gasteiger partial charge in [0.2, 0.25) is 0 Å². The van der Waals surface area contributed by atoms with Crippen LogP contribution in [0.4, 0.5) is 0 Å². The largest absolute Gasteiger partial charge is 0.480 e. The molecule has 1 rings (SSSR count). The van der Waals surface area contributed by atoms with Crippen LogP contribution >= 0.6 is 0 Å². The Bertz CT molecular complexity index is 220. The summed E-state index contributed by atoms with van der Waals surface area (Å²) in [5.74, 6) is 3.00. The molecule has 0 aliphatic rings. The van der Waals surface area contributed by atoms with E-state index in [4.69, 9.17) is 11.2 Å². The van der Waals surface area contributed by atoms with Crippen LogP contribution in [-0.2, 0) is 0 Å². The van der Waals surface area contributed by atoms with E-state index in [9.17, 15) is 0 Å². The minimum absolute atomic E-state index is 0.286. The summed E-state index contributed by atoms with van der Waals surface area (Å²) in [6.07, 6.45) is 4.98. The van der Waals surface area contributed by atoms with Gasteiger partial charge in [0.15, 0.2) is 0 Å². The van der Waals surface area contributed by atoms with Crippen LogP contribution in [0.15, 0.2) is 18.2 Å². The Morgan fingerprint density at radius 1 is 1.60 bits per heavy atom. The molecule has 0 unspecified atom stereocenters. The maximum atomic E-state index is 5.03. The predicted molar refractivity (Wildman–Crippen MR) is 38.4 cm³/mol. The van der Waals surface area contributed by atoms with Crippen LogP contribution in [0.5, 0.6) is 5.75 Å². The van der Waals surface area contributed by atoms with Gasteiger partial charge in [-0.25, -0.2) is 0 Å². The van der Waals surface area contributed by atoms with Gasteiger partial charge in [0.25, 0.3) is 0 Å². The van der Waals surface area contributed by atoms with Crippen LogP contribution in [0.1, 0.15) is 0 Å². The van der Waals surface area contributed by atoms with E-state index in [1.807, 2.05) is 0 Å². The standard InChI is InChI=1S/C9H6O/c1-2-8-10-9-6-4-3-5-7-9/h1,3-4,7H,8H2. The summed E-state index contributed by atoms with van der Waals surface area (Å²) in [6.45, 7) is 0.286. The summed E-state index contributed by atoms with van der Waals surface area (Å²) in [5, 5.41) is 0. The fourth-order valence-electron chi connectivity index (χ4n) is 0.540. The monoisotopic (exact) mass is 130 g/mol. The number of terminal acetylenes is 1. The second-order valence-electron chi connectivity index (χ2n) is 1.65. The third-order valence-corrected chi connectivity index (χ3v) is 0.931. The maximum absolute atomic E-state index is 5.03. The van der Waals surface area contributed by atoms with Crippen LogP contribution in [0.2, 0.25) is 0 Å². The highest BCUT2D eigenvalue weighted by Gasteiger charge is 1.86. The quantitative estimate of drug-likeness (QED) is 0.548. The third-order valence-electron chi connectivity index (χ3n) is 0.931. The van der Waals surface area contributed by atoms with Crippen molar-refractivity contribution in [3.8, 4) is 18.1 Å². The lowest BCUT2D eigenvalue weighted by Crippen LogP contribution is -1.92. The Morgan fingerprint density at radius 2 is 2.50 bits per heavy atom. The summed E-state index contributed by atoms with van der Waals surface area (Å²) in [7, 11) is 0. The lowest BCUT2D eigenvalue weighted by Gasteiger charge is -1.97. The Balaban J connectivity index is 2.52. The van der Waals surface area contributed by atoms with E-state index in [2.05, 4.69) is 18.1 Å². The minimum Gasteiger partial charge on any atom is -0.480 e. The molecule has 0 spiro atoms. The van der Waals surface area contributed by atoms with Crippen LogP contribution in [0.3, 0.4) is 0 Å². The molecule has 1 nitrogen and oxygen atoms in total. The Morgan fingerprint density at radius 3 is 3.10 bits per heavy atom. The van der Waals surface area contributed by atoms with Crippen LogP contribution in [0, 0.1) is 24.5 Å². The fourth-order valence-corrected chi connectivity index (χ4v) is 0.540. The molecule has 48 valence electrons. The van der Waals surface area contributed by atoms with Gasteiger partial charge in [0.05, 0.1) is 0 Å². The third kappa shape index (κ3) is 1.83. The Labute approximate surface area is 60.6 Å². The number of hydrogen-bond donors (Lipinski definition) is 0. The summed E-state index contributed by atoms with van der Waals surface area (Å²) in [6, 6.07) is 10.9. The highest BCUT2D eigenvalue weighted by molar-refractivity contribution is 5.18. The number of benzene rings is 1. The molecule has 0 aliphatic heterocycles. The van der Waals surface area contributed by atoms with E-state index in [1.54, 1.807) is 18.2 Å². The van der Waals surface area contributed by atoms with Gasteiger partial charge in [0, 0.05) is 6.07 Å². The fraction of sp³-hybridized carbons (Fsp3) is 0.111. The summed E-state index contributed by atoms with van der Waals surface area (Å²) in [4.78, 5) is 0. The average molecular weight is 130 g/mol. The first-order valence-corrected chi connectivity index (χ1v) is 2.87. The van der Waals surface area contributed by atoms with E-state index in [1.165, 1.54) is 0 Å². The normalized spacial score (nSPS) is 8.30. The molecule has 0 N–H and O–H groups in total. The van der Waals surface area contributed by atoms with Gasteiger partial charge in [-0.2, -0.15) is 0 Å². The summed E-state index contributed by atoms with van der Waals surface area (Å²) >= 11 is 0. The van der Waals surface area contributed by atoms with Gasteiger partial charge < -0.3 is 4.74 Å². The van der Waals surface area contributed by atoms with E-state index in [0.29, 0.717) is 5.75 Å². The Hall–Kier alpha value is -1.42. The van der Waals surface area contributed by atoms with Gasteiger partial charge in [-0.1, -0.05) is 12.0 Å². The van der Waals surface area contributed by atoms with Gasteiger partial charge in [0.1, 0.15) is 12.4 Å². The predicted octanol–water partition coefficient (Wildman–Crippen LogP) is 1.30. The molecule has 0 bridgehead atoms. The number of hydrogen-bond acceptors (Lipinski definition) is 1. The molecule has 1 heteroatoms. The number of ether oxygens (including phenoxy) is 1. The van der Waals surface area contributed by atoms with E-state index < -0.39 is 0 Å². The molecule has 2 radical (unpaired) electrons. The number of rotatable bonds is 2. The van der Waals surface area contributed by atoms with Gasteiger partial charge >= 0.3 is 0 Å². The van der Waals surface area contributed by atoms with E-state index in [-0.39, 0.29) is 6.61 Å². The summed E-state index contributed by atoms with van der Waals surface area (Å²) in [5.41, 5.74) is 0. The molecule has 10 heavy (non-hydrogen) atoms. The van der Waals surface area contributed by atoms with Crippen molar-refractivity contribution < 1.29 is 4.74 Å². The SMILES string of the molecule is C#CCOc1[c]cc[c]c1. The minimum atomic E-state index is 0.286. The summed E-state index contributed by atoms with van der Waals surface area (Å²) < 4.78 is 5.03.